The van der Waals surface area contributed by atoms with Gasteiger partial charge in [-0.3, -0.25) is 4.79 Å². The highest BCUT2D eigenvalue weighted by molar-refractivity contribution is 5.84. The van der Waals surface area contributed by atoms with Crippen LogP contribution >= 0.6 is 0 Å². The number of imidazole rings is 1. The number of piperidine rings is 1. The Hall–Kier alpha value is -2.87. The van der Waals surface area contributed by atoms with Crippen molar-refractivity contribution >= 4 is 23.1 Å². The Balaban J connectivity index is 1.30. The molecule has 2 aromatic rings. The molecule has 0 radical (unpaired) electrons. The molecule has 2 fully saturated rings. The van der Waals surface area contributed by atoms with Crippen LogP contribution in [0.4, 0.5) is 4.79 Å². The number of likely N-dealkylation sites (tertiary alicyclic amines) is 1. The van der Waals surface area contributed by atoms with E-state index in [9.17, 15) is 9.59 Å². The second kappa shape index (κ2) is 8.12. The number of hydrogen-bond acceptors (Lipinski definition) is 5. The lowest BCUT2D eigenvalue weighted by atomic mass is 10.0. The van der Waals surface area contributed by atoms with E-state index in [0.29, 0.717) is 26.3 Å². The number of fused-ring (bicyclic) bond motifs is 2. The van der Waals surface area contributed by atoms with Crippen molar-refractivity contribution < 1.29 is 19.1 Å². The minimum absolute atomic E-state index is 0.0309. The zero-order valence-electron chi connectivity index (χ0n) is 20.6. The molecule has 2 amide bonds. The summed E-state index contributed by atoms with van der Waals surface area (Å²) >= 11 is 0. The van der Waals surface area contributed by atoms with Crippen molar-refractivity contribution in [3.05, 3.63) is 42.0 Å². The maximum absolute atomic E-state index is 13.2. The molecular weight excluding hydrogens is 432 g/mol. The van der Waals surface area contributed by atoms with Crippen molar-refractivity contribution in [3.63, 3.8) is 0 Å². The van der Waals surface area contributed by atoms with E-state index in [2.05, 4.69) is 21.9 Å². The van der Waals surface area contributed by atoms with E-state index in [0.717, 1.165) is 23.5 Å². The number of rotatable bonds is 4. The van der Waals surface area contributed by atoms with Gasteiger partial charge < -0.3 is 24.1 Å². The third-order valence-electron chi connectivity index (χ3n) is 6.96. The van der Waals surface area contributed by atoms with Crippen LogP contribution in [0.2, 0.25) is 0 Å². The molecule has 0 spiro atoms. The van der Waals surface area contributed by atoms with Gasteiger partial charge in [-0.05, 0) is 70.6 Å². The number of pyridine rings is 1. The average Bonchev–Trinajstić information content (AvgIpc) is 3.09. The predicted molar refractivity (Wildman–Crippen MR) is 128 cm³/mol. The Morgan fingerprint density at radius 1 is 1.15 bits per heavy atom. The monoisotopic (exact) mass is 466 g/mol. The molecule has 0 bridgehead atoms. The molecule has 1 N–H and O–H groups in total. The quantitative estimate of drug-likeness (QED) is 0.744. The van der Waals surface area contributed by atoms with Crippen molar-refractivity contribution in [1.29, 1.82) is 0 Å². The van der Waals surface area contributed by atoms with Gasteiger partial charge in [0.2, 0.25) is 5.91 Å². The molecule has 1 saturated carbocycles. The molecule has 1 saturated heterocycles. The summed E-state index contributed by atoms with van der Waals surface area (Å²) in [5, 5.41) is 3.25. The Kier molecular flexibility index (Phi) is 5.47. The van der Waals surface area contributed by atoms with Crippen LogP contribution in [0.3, 0.4) is 0 Å². The highest BCUT2D eigenvalue weighted by Gasteiger charge is 2.61. The van der Waals surface area contributed by atoms with E-state index >= 15 is 0 Å². The van der Waals surface area contributed by atoms with Crippen LogP contribution in [0.25, 0.3) is 11.1 Å². The van der Waals surface area contributed by atoms with Gasteiger partial charge in [0.1, 0.15) is 11.4 Å². The summed E-state index contributed by atoms with van der Waals surface area (Å²) in [7, 11) is 0. The highest BCUT2D eigenvalue weighted by atomic mass is 16.6. The standard InChI is InChI=1S/C26H34N4O4/c1-25(2,3)34-24(32)29-14-17-18(15-29)20(17)22(31)28-26(4,5)23-27-21(16-9-12-33-13-10-16)19-8-6-7-11-30(19)23/h6-9,11,17-18,20H,10,12-15H2,1-5H3,(H,28,31). The summed E-state index contributed by atoms with van der Waals surface area (Å²) < 4.78 is 13.0. The first kappa shape index (κ1) is 22.9. The SMILES string of the molecule is CC(C)(C)OC(=O)N1CC2C(C1)C2C(=O)NC(C)(C)c1nc(C2=CCOCC2)c2ccccn12. The van der Waals surface area contributed by atoms with E-state index in [4.69, 9.17) is 14.5 Å². The Morgan fingerprint density at radius 2 is 1.88 bits per heavy atom. The molecule has 3 aliphatic rings. The van der Waals surface area contributed by atoms with Crippen molar-refractivity contribution in [1.82, 2.24) is 19.6 Å². The normalized spacial score (nSPS) is 24.6. The molecule has 0 aromatic carbocycles. The van der Waals surface area contributed by atoms with Gasteiger partial charge in [0.25, 0.3) is 0 Å². The predicted octanol–water partition coefficient (Wildman–Crippen LogP) is 3.60. The summed E-state index contributed by atoms with van der Waals surface area (Å²) in [6, 6.07) is 6.06. The van der Waals surface area contributed by atoms with E-state index in [1.807, 2.05) is 52.9 Å². The van der Waals surface area contributed by atoms with Crippen LogP contribution in [0.5, 0.6) is 0 Å². The van der Waals surface area contributed by atoms with Crippen molar-refractivity contribution in [2.75, 3.05) is 26.3 Å². The van der Waals surface area contributed by atoms with Gasteiger partial charge in [-0.25, -0.2) is 9.78 Å². The van der Waals surface area contributed by atoms with Gasteiger partial charge >= 0.3 is 6.09 Å². The number of ether oxygens (including phenoxy) is 2. The van der Waals surface area contributed by atoms with Crippen LogP contribution in [-0.2, 0) is 19.8 Å². The van der Waals surface area contributed by atoms with Crippen molar-refractivity contribution in [3.8, 4) is 0 Å². The second-order valence-corrected chi connectivity index (χ2v) is 11.1. The van der Waals surface area contributed by atoms with Crippen molar-refractivity contribution in [2.24, 2.45) is 17.8 Å². The number of aromatic nitrogens is 2. The summed E-state index contributed by atoms with van der Waals surface area (Å²) in [5.41, 5.74) is 1.99. The summed E-state index contributed by atoms with van der Waals surface area (Å²) in [6.07, 6.45) is 4.63. The van der Waals surface area contributed by atoms with Gasteiger partial charge in [0.15, 0.2) is 0 Å². The van der Waals surface area contributed by atoms with Crippen molar-refractivity contribution in [2.45, 2.75) is 52.2 Å². The van der Waals surface area contributed by atoms with Gasteiger partial charge in [-0.15, -0.1) is 0 Å². The minimum Gasteiger partial charge on any atom is -0.444 e. The van der Waals surface area contributed by atoms with Gasteiger partial charge in [-0.2, -0.15) is 0 Å². The zero-order valence-corrected chi connectivity index (χ0v) is 20.6. The lowest BCUT2D eigenvalue weighted by molar-refractivity contribution is -0.125. The van der Waals surface area contributed by atoms with Crippen LogP contribution in [-0.4, -0.2) is 58.2 Å². The lowest BCUT2D eigenvalue weighted by Crippen LogP contribution is -2.45. The number of nitrogens with zero attached hydrogens (tertiary/aromatic N) is 3. The number of nitrogens with one attached hydrogen (secondary N) is 1. The molecule has 182 valence electrons. The molecule has 8 heteroatoms. The summed E-state index contributed by atoms with van der Waals surface area (Å²) in [4.78, 5) is 32.3. The molecule has 2 aliphatic heterocycles. The van der Waals surface area contributed by atoms with Gasteiger partial charge in [0, 0.05) is 25.2 Å². The number of amides is 2. The fourth-order valence-corrected chi connectivity index (χ4v) is 5.30. The van der Waals surface area contributed by atoms with Crippen LogP contribution in [0.15, 0.2) is 30.5 Å². The van der Waals surface area contributed by atoms with E-state index in [-0.39, 0.29) is 29.8 Å². The van der Waals surface area contributed by atoms with Gasteiger partial charge in [-0.1, -0.05) is 12.1 Å². The molecular formula is C26H34N4O4. The number of hydrogen-bond donors (Lipinski definition) is 1. The molecule has 4 heterocycles. The largest absolute Gasteiger partial charge is 0.444 e. The summed E-state index contributed by atoms with van der Waals surface area (Å²) in [6.45, 7) is 12.0. The van der Waals surface area contributed by atoms with Crippen LogP contribution in [0.1, 0.15) is 52.6 Å². The first-order chi connectivity index (χ1) is 16.0. The number of carbonyl (C=O) groups excluding carboxylic acids is 2. The fourth-order valence-electron chi connectivity index (χ4n) is 5.30. The molecule has 1 aliphatic carbocycles. The second-order valence-electron chi connectivity index (χ2n) is 11.1. The van der Waals surface area contributed by atoms with E-state index in [1.165, 1.54) is 5.57 Å². The first-order valence-corrected chi connectivity index (χ1v) is 12.1. The minimum atomic E-state index is -0.660. The Labute approximate surface area is 200 Å². The molecule has 5 rings (SSSR count). The first-order valence-electron chi connectivity index (χ1n) is 12.1. The van der Waals surface area contributed by atoms with E-state index in [1.54, 1.807) is 4.90 Å². The smallest absolute Gasteiger partial charge is 0.410 e. The molecule has 2 aromatic heterocycles. The van der Waals surface area contributed by atoms with Crippen LogP contribution < -0.4 is 5.32 Å². The van der Waals surface area contributed by atoms with E-state index < -0.39 is 11.1 Å². The third-order valence-corrected chi connectivity index (χ3v) is 6.96. The molecule has 2 unspecified atom stereocenters. The van der Waals surface area contributed by atoms with Gasteiger partial charge in [0.05, 0.1) is 30.0 Å². The Bertz CT molecular complexity index is 1150. The summed E-state index contributed by atoms with van der Waals surface area (Å²) in [5.74, 6) is 1.16. The maximum atomic E-state index is 13.2. The maximum Gasteiger partial charge on any atom is 0.410 e. The lowest BCUT2D eigenvalue weighted by Gasteiger charge is -2.27. The van der Waals surface area contributed by atoms with Crippen LogP contribution in [0, 0.1) is 17.8 Å². The Morgan fingerprint density at radius 3 is 2.53 bits per heavy atom. The molecule has 2 atom stereocenters. The molecule has 8 nitrogen and oxygen atoms in total. The molecule has 34 heavy (non-hydrogen) atoms. The topological polar surface area (TPSA) is 85.2 Å². The highest BCUT2D eigenvalue weighted by Crippen LogP contribution is 2.52. The average molecular weight is 467 g/mol. The number of carbonyl (C=O) groups is 2. The fraction of sp³-hybridized carbons (Fsp3) is 0.577. The zero-order chi connectivity index (χ0) is 24.3. The third kappa shape index (κ3) is 4.19.